The van der Waals surface area contributed by atoms with Gasteiger partial charge in [-0.1, -0.05) is 60.3 Å². The Morgan fingerprint density at radius 3 is 2.79 bits per heavy atom. The molecule has 3 aromatic rings. The first-order valence-electron chi connectivity index (χ1n) is 8.30. The number of thioether (sulfide) groups is 1. The third kappa shape index (κ3) is 3.35. The van der Waals surface area contributed by atoms with Crippen molar-refractivity contribution in [1.29, 1.82) is 0 Å². The maximum Gasteiger partial charge on any atom is 0.132 e. The average Bonchev–Trinajstić information content (AvgIpc) is 3.25. The lowest BCUT2D eigenvalue weighted by atomic mass is 10.1. The summed E-state index contributed by atoms with van der Waals surface area (Å²) in [6.45, 7) is 1.90. The van der Waals surface area contributed by atoms with Crippen molar-refractivity contribution in [3.8, 4) is 0 Å². The van der Waals surface area contributed by atoms with E-state index in [1.54, 1.807) is 0 Å². The van der Waals surface area contributed by atoms with Crippen LogP contribution in [0.3, 0.4) is 0 Å². The summed E-state index contributed by atoms with van der Waals surface area (Å²) in [4.78, 5) is 5.75. The second-order valence-electron chi connectivity index (χ2n) is 5.99. The Hall–Kier alpha value is -2.17. The van der Waals surface area contributed by atoms with Gasteiger partial charge >= 0.3 is 0 Å². The summed E-state index contributed by atoms with van der Waals surface area (Å²) in [5.41, 5.74) is 4.24. The molecule has 4 heteroatoms. The van der Waals surface area contributed by atoms with Gasteiger partial charge in [0, 0.05) is 36.4 Å². The molecule has 0 saturated carbocycles. The minimum Gasteiger partial charge on any atom is -0.361 e. The van der Waals surface area contributed by atoms with E-state index in [0.717, 1.165) is 19.5 Å². The smallest absolute Gasteiger partial charge is 0.132 e. The molecule has 0 saturated heterocycles. The van der Waals surface area contributed by atoms with E-state index in [4.69, 9.17) is 0 Å². The molecule has 1 unspecified atom stereocenters. The predicted octanol–water partition coefficient (Wildman–Crippen LogP) is 4.30. The fourth-order valence-electron chi connectivity index (χ4n) is 3.09. The lowest BCUT2D eigenvalue weighted by molar-refractivity contribution is 0.322. The molecule has 2 N–H and O–H groups in total. The monoisotopic (exact) mass is 335 g/mol. The third-order valence-electron chi connectivity index (χ3n) is 4.40. The number of nitrogens with one attached hydrogen (secondary N) is 2. The van der Waals surface area contributed by atoms with Crippen LogP contribution in [0.2, 0.25) is 0 Å². The largest absolute Gasteiger partial charge is 0.361 e. The summed E-state index contributed by atoms with van der Waals surface area (Å²) in [5, 5.41) is 7.15. The molecular formula is C20H21N3S. The first-order chi connectivity index (χ1) is 11.9. The maximum absolute atomic E-state index is 3.63. The van der Waals surface area contributed by atoms with E-state index in [1.165, 1.54) is 22.0 Å². The number of hydrogen-bond acceptors (Lipinski definition) is 3. The normalized spacial score (nSPS) is 17.0. The highest BCUT2D eigenvalue weighted by Crippen LogP contribution is 2.25. The number of hydrogen-bond donors (Lipinski definition) is 2. The van der Waals surface area contributed by atoms with Crippen molar-refractivity contribution in [1.82, 2.24) is 15.2 Å². The van der Waals surface area contributed by atoms with Gasteiger partial charge in [-0.05, 0) is 29.0 Å². The summed E-state index contributed by atoms with van der Waals surface area (Å²) in [6.07, 6.45) is 5.38. The quantitative estimate of drug-likeness (QED) is 0.704. The van der Waals surface area contributed by atoms with Crippen LogP contribution >= 0.6 is 11.8 Å². The Balaban J connectivity index is 1.36. The molecule has 1 atom stereocenters. The summed E-state index contributed by atoms with van der Waals surface area (Å²) in [5.74, 6) is 0. The molecule has 0 spiro atoms. The van der Waals surface area contributed by atoms with Gasteiger partial charge in [0.05, 0.1) is 0 Å². The molecule has 24 heavy (non-hydrogen) atoms. The van der Waals surface area contributed by atoms with Gasteiger partial charge in [-0.2, -0.15) is 0 Å². The van der Waals surface area contributed by atoms with Crippen LogP contribution < -0.4 is 5.32 Å². The second-order valence-corrected chi connectivity index (χ2v) is 6.98. The van der Waals surface area contributed by atoms with Crippen molar-refractivity contribution in [3.63, 3.8) is 0 Å². The molecule has 3 nitrogen and oxygen atoms in total. The molecule has 1 aromatic heterocycles. The Bertz CT molecular complexity index is 825. The van der Waals surface area contributed by atoms with Crippen LogP contribution in [0.1, 0.15) is 11.1 Å². The molecule has 2 aromatic carbocycles. The first-order valence-corrected chi connectivity index (χ1v) is 9.24. The molecule has 1 aliphatic rings. The highest BCUT2D eigenvalue weighted by molar-refractivity contribution is 8.02. The SMILES string of the molecule is C1=CN(CCc2c[nH]c3ccccc23)C(NCc2ccccc2)S1. The molecule has 0 fully saturated rings. The van der Waals surface area contributed by atoms with Crippen molar-refractivity contribution in [2.45, 2.75) is 18.5 Å². The molecule has 0 aliphatic carbocycles. The van der Waals surface area contributed by atoms with E-state index in [0.29, 0.717) is 5.50 Å². The molecule has 0 radical (unpaired) electrons. The van der Waals surface area contributed by atoms with E-state index < -0.39 is 0 Å². The van der Waals surface area contributed by atoms with Crippen LogP contribution in [0.4, 0.5) is 0 Å². The second kappa shape index (κ2) is 7.16. The molecule has 0 bridgehead atoms. The number of H-pyrrole nitrogens is 1. The third-order valence-corrected chi connectivity index (χ3v) is 5.37. The first kappa shape index (κ1) is 15.4. The van der Waals surface area contributed by atoms with Crippen LogP contribution in [0.25, 0.3) is 10.9 Å². The Kier molecular flexibility index (Phi) is 4.58. The molecule has 2 heterocycles. The summed E-state index contributed by atoms with van der Waals surface area (Å²) >= 11 is 1.84. The van der Waals surface area contributed by atoms with Crippen molar-refractivity contribution < 1.29 is 0 Å². The number of nitrogens with zero attached hydrogens (tertiary/aromatic N) is 1. The van der Waals surface area contributed by atoms with Gasteiger partial charge < -0.3 is 9.88 Å². The van der Waals surface area contributed by atoms with Gasteiger partial charge in [0.15, 0.2) is 0 Å². The summed E-state index contributed by atoms with van der Waals surface area (Å²) < 4.78 is 0. The lowest BCUT2D eigenvalue weighted by Gasteiger charge is -2.25. The fourth-order valence-corrected chi connectivity index (χ4v) is 3.98. The zero-order valence-corrected chi connectivity index (χ0v) is 14.3. The van der Waals surface area contributed by atoms with Crippen LogP contribution in [0.5, 0.6) is 0 Å². The number of benzene rings is 2. The Morgan fingerprint density at radius 1 is 1.04 bits per heavy atom. The molecule has 122 valence electrons. The van der Waals surface area contributed by atoms with Gasteiger partial charge in [-0.25, -0.2) is 0 Å². The van der Waals surface area contributed by atoms with E-state index >= 15 is 0 Å². The van der Waals surface area contributed by atoms with Crippen LogP contribution in [-0.4, -0.2) is 21.9 Å². The summed E-state index contributed by atoms with van der Waals surface area (Å²) in [6, 6.07) is 19.1. The molecule has 0 amide bonds. The Labute approximate surface area is 146 Å². The number of para-hydroxylation sites is 1. The molecular weight excluding hydrogens is 314 g/mol. The van der Waals surface area contributed by atoms with Crippen LogP contribution in [-0.2, 0) is 13.0 Å². The molecule has 1 aliphatic heterocycles. The minimum absolute atomic E-state index is 0.315. The van der Waals surface area contributed by atoms with Crippen molar-refractivity contribution in [3.05, 3.63) is 83.5 Å². The van der Waals surface area contributed by atoms with Crippen molar-refractivity contribution in [2.24, 2.45) is 0 Å². The number of aromatic nitrogens is 1. The van der Waals surface area contributed by atoms with Gasteiger partial charge in [-0.3, -0.25) is 5.32 Å². The number of rotatable bonds is 6. The average molecular weight is 335 g/mol. The number of aromatic amines is 1. The van der Waals surface area contributed by atoms with Gasteiger partial charge in [0.2, 0.25) is 0 Å². The minimum atomic E-state index is 0.315. The van der Waals surface area contributed by atoms with Crippen molar-refractivity contribution in [2.75, 3.05) is 6.54 Å². The lowest BCUT2D eigenvalue weighted by Crippen LogP contribution is -2.38. The zero-order valence-electron chi connectivity index (χ0n) is 13.5. The van der Waals surface area contributed by atoms with Gasteiger partial charge in [0.25, 0.3) is 0 Å². The maximum atomic E-state index is 3.63. The van der Waals surface area contributed by atoms with E-state index in [9.17, 15) is 0 Å². The Morgan fingerprint density at radius 2 is 1.88 bits per heavy atom. The summed E-state index contributed by atoms with van der Waals surface area (Å²) in [7, 11) is 0. The van der Waals surface area contributed by atoms with Gasteiger partial charge in [0.1, 0.15) is 5.50 Å². The van der Waals surface area contributed by atoms with E-state index in [1.807, 2.05) is 11.8 Å². The van der Waals surface area contributed by atoms with Crippen LogP contribution in [0.15, 0.2) is 72.4 Å². The number of fused-ring (bicyclic) bond motifs is 1. The molecule has 4 rings (SSSR count). The van der Waals surface area contributed by atoms with Gasteiger partial charge in [-0.15, -0.1) is 0 Å². The topological polar surface area (TPSA) is 31.1 Å². The predicted molar refractivity (Wildman–Crippen MR) is 103 cm³/mol. The van der Waals surface area contributed by atoms with E-state index in [2.05, 4.69) is 87.6 Å². The van der Waals surface area contributed by atoms with E-state index in [-0.39, 0.29) is 0 Å². The fraction of sp³-hybridized carbons (Fsp3) is 0.200. The highest BCUT2D eigenvalue weighted by Gasteiger charge is 2.19. The zero-order chi connectivity index (χ0) is 16.2. The van der Waals surface area contributed by atoms with Crippen LogP contribution in [0, 0.1) is 0 Å². The van der Waals surface area contributed by atoms with Crippen molar-refractivity contribution >= 4 is 22.7 Å². The highest BCUT2D eigenvalue weighted by atomic mass is 32.2. The standard InChI is InChI=1S/C20H21N3S/c1-2-6-16(7-3-1)14-22-20-23(12-13-24-20)11-10-17-15-21-19-9-5-4-8-18(17)19/h1-9,12-13,15,20-22H,10-11,14H2.